The third kappa shape index (κ3) is 6.87. The quantitative estimate of drug-likeness (QED) is 0.210. The number of halogens is 1. The predicted octanol–water partition coefficient (Wildman–Crippen LogP) is 4.54. The molecule has 0 spiro atoms. The van der Waals surface area contributed by atoms with Gasteiger partial charge in [0, 0.05) is 23.6 Å². The zero-order valence-corrected chi connectivity index (χ0v) is 21.1. The number of nitrogens with zero attached hydrogens (tertiary/aromatic N) is 1. The SMILES string of the molecule is CCOC(=O)COc1c(Br)cc(/C=C(/C#N)C(=O)NCCc2c[nH]c3ccccc23)cc1OCC. The average Bonchev–Trinajstić information content (AvgIpc) is 3.25. The van der Waals surface area contributed by atoms with E-state index in [0.717, 1.165) is 16.5 Å². The van der Waals surface area contributed by atoms with Gasteiger partial charge in [-0.05, 0) is 71.6 Å². The van der Waals surface area contributed by atoms with Crippen molar-refractivity contribution in [3.05, 3.63) is 63.8 Å². The molecule has 2 aromatic carbocycles. The highest BCUT2D eigenvalue weighted by molar-refractivity contribution is 9.10. The summed E-state index contributed by atoms with van der Waals surface area (Å²) in [5.74, 6) is -0.265. The van der Waals surface area contributed by atoms with Gasteiger partial charge in [0.15, 0.2) is 18.1 Å². The molecule has 0 aliphatic rings. The average molecular weight is 540 g/mol. The first-order valence-corrected chi connectivity index (χ1v) is 12.0. The van der Waals surface area contributed by atoms with E-state index in [9.17, 15) is 14.9 Å². The maximum absolute atomic E-state index is 12.6. The van der Waals surface area contributed by atoms with Crippen molar-refractivity contribution in [3.63, 3.8) is 0 Å². The molecular weight excluding hydrogens is 514 g/mol. The summed E-state index contributed by atoms with van der Waals surface area (Å²) >= 11 is 3.42. The number of carbonyl (C=O) groups excluding carboxylic acids is 2. The van der Waals surface area contributed by atoms with Crippen LogP contribution in [0.3, 0.4) is 0 Å². The summed E-state index contributed by atoms with van der Waals surface area (Å²) < 4.78 is 16.6. The van der Waals surface area contributed by atoms with Gasteiger partial charge >= 0.3 is 5.97 Å². The van der Waals surface area contributed by atoms with Crippen molar-refractivity contribution in [2.24, 2.45) is 0 Å². The second-order valence-corrected chi connectivity index (χ2v) is 8.25. The number of benzene rings is 2. The maximum Gasteiger partial charge on any atom is 0.344 e. The summed E-state index contributed by atoms with van der Waals surface area (Å²) in [4.78, 5) is 27.5. The monoisotopic (exact) mass is 539 g/mol. The van der Waals surface area contributed by atoms with Crippen molar-refractivity contribution >= 4 is 44.8 Å². The number of esters is 1. The van der Waals surface area contributed by atoms with Crippen molar-refractivity contribution in [1.29, 1.82) is 5.26 Å². The molecule has 0 unspecified atom stereocenters. The number of H-pyrrole nitrogens is 1. The van der Waals surface area contributed by atoms with E-state index < -0.39 is 11.9 Å². The molecule has 1 heterocycles. The van der Waals surface area contributed by atoms with Crippen molar-refractivity contribution in [2.45, 2.75) is 20.3 Å². The molecule has 9 heteroatoms. The Balaban J connectivity index is 1.70. The van der Waals surface area contributed by atoms with Gasteiger partial charge in [-0.1, -0.05) is 18.2 Å². The van der Waals surface area contributed by atoms with Crippen LogP contribution in [0.1, 0.15) is 25.0 Å². The van der Waals surface area contributed by atoms with Gasteiger partial charge < -0.3 is 24.5 Å². The normalized spacial score (nSPS) is 11.1. The zero-order chi connectivity index (χ0) is 25.2. The Kier molecular flexibility index (Phi) is 9.32. The summed E-state index contributed by atoms with van der Waals surface area (Å²) in [6.45, 7) is 4.25. The maximum atomic E-state index is 12.6. The van der Waals surface area contributed by atoms with E-state index in [-0.39, 0.29) is 18.8 Å². The summed E-state index contributed by atoms with van der Waals surface area (Å²) in [7, 11) is 0. The van der Waals surface area contributed by atoms with Crippen LogP contribution in [-0.2, 0) is 20.7 Å². The molecule has 35 heavy (non-hydrogen) atoms. The lowest BCUT2D eigenvalue weighted by atomic mass is 10.1. The van der Waals surface area contributed by atoms with Gasteiger partial charge in [0.1, 0.15) is 11.6 Å². The molecule has 3 aromatic rings. The number of rotatable bonds is 11. The Morgan fingerprint density at radius 2 is 1.97 bits per heavy atom. The van der Waals surface area contributed by atoms with Gasteiger partial charge in [-0.15, -0.1) is 0 Å². The van der Waals surface area contributed by atoms with E-state index in [4.69, 9.17) is 14.2 Å². The molecule has 1 aromatic heterocycles. The first kappa shape index (κ1) is 25.8. The lowest BCUT2D eigenvalue weighted by Gasteiger charge is -2.14. The minimum absolute atomic E-state index is 0.0431. The molecule has 0 bridgehead atoms. The molecule has 0 aliphatic heterocycles. The van der Waals surface area contributed by atoms with Crippen LogP contribution in [0.5, 0.6) is 11.5 Å². The molecule has 0 aliphatic carbocycles. The van der Waals surface area contributed by atoms with Gasteiger partial charge in [-0.25, -0.2) is 4.79 Å². The lowest BCUT2D eigenvalue weighted by molar-refractivity contribution is -0.145. The molecular formula is C26H26BrN3O5. The Morgan fingerprint density at radius 3 is 2.71 bits per heavy atom. The summed E-state index contributed by atoms with van der Waals surface area (Å²) in [6, 6.07) is 13.2. The number of ether oxygens (including phenoxy) is 3. The topological polar surface area (TPSA) is 113 Å². The van der Waals surface area contributed by atoms with Crippen molar-refractivity contribution < 1.29 is 23.8 Å². The number of amides is 1. The van der Waals surface area contributed by atoms with Crippen LogP contribution >= 0.6 is 15.9 Å². The Morgan fingerprint density at radius 1 is 1.17 bits per heavy atom. The number of aromatic amines is 1. The highest BCUT2D eigenvalue weighted by atomic mass is 79.9. The van der Waals surface area contributed by atoms with E-state index >= 15 is 0 Å². The van der Waals surface area contributed by atoms with Crippen LogP contribution in [0.15, 0.2) is 52.6 Å². The molecule has 0 atom stereocenters. The van der Waals surface area contributed by atoms with Gasteiger partial charge in [0.05, 0.1) is 17.7 Å². The molecule has 8 nitrogen and oxygen atoms in total. The Hall–Kier alpha value is -3.77. The molecule has 0 saturated heterocycles. The van der Waals surface area contributed by atoms with Crippen molar-refractivity contribution in [1.82, 2.24) is 10.3 Å². The van der Waals surface area contributed by atoms with E-state index in [1.54, 1.807) is 19.1 Å². The predicted molar refractivity (Wildman–Crippen MR) is 136 cm³/mol. The fraction of sp³-hybridized carbons (Fsp3) is 0.269. The van der Waals surface area contributed by atoms with Gasteiger partial charge in [-0.2, -0.15) is 5.26 Å². The molecule has 0 radical (unpaired) electrons. The van der Waals surface area contributed by atoms with Crippen molar-refractivity contribution in [2.75, 3.05) is 26.4 Å². The molecule has 0 saturated carbocycles. The number of aromatic nitrogens is 1. The molecule has 1 amide bonds. The Bertz CT molecular complexity index is 1280. The van der Waals surface area contributed by atoms with E-state index in [1.807, 2.05) is 43.5 Å². The first-order valence-electron chi connectivity index (χ1n) is 11.2. The number of carbonyl (C=O) groups is 2. The van der Waals surface area contributed by atoms with Crippen LogP contribution < -0.4 is 14.8 Å². The standard InChI is InChI=1S/C26H26BrN3O5/c1-3-33-23-13-17(12-21(27)25(23)35-16-24(31)34-4-2)11-19(14-28)26(32)29-10-9-18-15-30-22-8-6-5-7-20(18)22/h5-8,11-13,15,30H,3-4,9-10,16H2,1-2H3,(H,29,32)/b19-11-. The van der Waals surface area contributed by atoms with Gasteiger partial charge in [0.25, 0.3) is 5.91 Å². The Labute approximate surface area is 212 Å². The number of hydrogen-bond acceptors (Lipinski definition) is 6. The molecule has 3 rings (SSSR count). The van der Waals surface area contributed by atoms with E-state index in [2.05, 4.69) is 26.2 Å². The minimum Gasteiger partial charge on any atom is -0.490 e. The first-order chi connectivity index (χ1) is 17.0. The smallest absolute Gasteiger partial charge is 0.344 e. The summed E-state index contributed by atoms with van der Waals surface area (Å²) in [5.41, 5.74) is 2.65. The fourth-order valence-corrected chi connectivity index (χ4v) is 4.04. The number of para-hydroxylation sites is 1. The highest BCUT2D eigenvalue weighted by Crippen LogP contribution is 2.37. The number of fused-ring (bicyclic) bond motifs is 1. The molecule has 182 valence electrons. The van der Waals surface area contributed by atoms with E-state index in [0.29, 0.717) is 41.1 Å². The lowest BCUT2D eigenvalue weighted by Crippen LogP contribution is -2.26. The fourth-order valence-electron chi connectivity index (χ4n) is 3.47. The highest BCUT2D eigenvalue weighted by Gasteiger charge is 2.16. The van der Waals surface area contributed by atoms with Gasteiger partial charge in [0.2, 0.25) is 0 Å². The zero-order valence-electron chi connectivity index (χ0n) is 19.5. The van der Waals surface area contributed by atoms with Crippen LogP contribution in [0.25, 0.3) is 17.0 Å². The summed E-state index contributed by atoms with van der Waals surface area (Å²) in [5, 5.41) is 13.5. The third-order valence-electron chi connectivity index (χ3n) is 5.00. The number of hydrogen-bond donors (Lipinski definition) is 2. The van der Waals surface area contributed by atoms with E-state index in [1.165, 1.54) is 6.08 Å². The molecule has 2 N–H and O–H groups in total. The number of nitrogens with one attached hydrogen (secondary N) is 2. The second-order valence-electron chi connectivity index (χ2n) is 7.39. The minimum atomic E-state index is -0.498. The van der Waals surface area contributed by atoms with Crippen molar-refractivity contribution in [3.8, 4) is 17.6 Å². The van der Waals surface area contributed by atoms with Crippen LogP contribution in [0.4, 0.5) is 0 Å². The summed E-state index contributed by atoms with van der Waals surface area (Å²) in [6.07, 6.45) is 4.03. The largest absolute Gasteiger partial charge is 0.490 e. The number of nitriles is 1. The van der Waals surface area contributed by atoms with Crippen LogP contribution in [0.2, 0.25) is 0 Å². The van der Waals surface area contributed by atoms with Gasteiger partial charge in [-0.3, -0.25) is 4.79 Å². The second kappa shape index (κ2) is 12.6. The third-order valence-corrected chi connectivity index (χ3v) is 5.59. The van der Waals surface area contributed by atoms with Crippen LogP contribution in [0, 0.1) is 11.3 Å². The molecule has 0 fully saturated rings. The van der Waals surface area contributed by atoms with Crippen LogP contribution in [-0.4, -0.2) is 43.2 Å².